The van der Waals surface area contributed by atoms with E-state index in [-0.39, 0.29) is 31.1 Å². The van der Waals surface area contributed by atoms with Gasteiger partial charge < -0.3 is 14.2 Å². The van der Waals surface area contributed by atoms with Crippen LogP contribution in [0.2, 0.25) is 0 Å². The maximum absolute atomic E-state index is 12.9. The van der Waals surface area contributed by atoms with Crippen molar-refractivity contribution in [3.05, 3.63) is 72.9 Å². The van der Waals surface area contributed by atoms with Crippen LogP contribution >= 0.6 is 0 Å². The molecule has 6 nitrogen and oxygen atoms in total. The van der Waals surface area contributed by atoms with E-state index in [2.05, 4.69) is 93.7 Å². The number of hydrogen-bond donors (Lipinski definition) is 0. The number of carbonyl (C=O) groups is 3. The van der Waals surface area contributed by atoms with Gasteiger partial charge in [-0.15, -0.1) is 0 Å². The van der Waals surface area contributed by atoms with Gasteiger partial charge in [0, 0.05) is 19.3 Å². The highest BCUT2D eigenvalue weighted by Gasteiger charge is 2.19. The molecule has 0 heterocycles. The van der Waals surface area contributed by atoms with Gasteiger partial charge in [0.1, 0.15) is 13.2 Å². The quantitative estimate of drug-likeness (QED) is 0.0261. The Morgan fingerprint density at radius 3 is 0.813 bits per heavy atom. The van der Waals surface area contributed by atoms with Gasteiger partial charge in [-0.1, -0.05) is 312 Å². The maximum atomic E-state index is 12.9. The molecule has 75 heavy (non-hydrogen) atoms. The molecule has 0 saturated carbocycles. The molecule has 0 aromatic rings. The second kappa shape index (κ2) is 63.4. The number of carbonyl (C=O) groups excluding carboxylic acids is 3. The number of hydrogen-bond acceptors (Lipinski definition) is 6. The molecule has 0 N–H and O–H groups in total. The van der Waals surface area contributed by atoms with Crippen molar-refractivity contribution in [3.63, 3.8) is 0 Å². The molecule has 0 aliphatic carbocycles. The molecule has 0 rings (SSSR count). The van der Waals surface area contributed by atoms with E-state index < -0.39 is 6.10 Å². The number of esters is 3. The number of rotatable bonds is 59. The van der Waals surface area contributed by atoms with E-state index in [1.165, 1.54) is 193 Å². The van der Waals surface area contributed by atoms with Gasteiger partial charge in [-0.25, -0.2) is 0 Å². The fraction of sp³-hybridized carbons (Fsp3) is 0.783. The summed E-state index contributed by atoms with van der Waals surface area (Å²) in [6.07, 6.45) is 82.0. The van der Waals surface area contributed by atoms with E-state index in [0.29, 0.717) is 19.3 Å². The molecule has 0 fully saturated rings. The minimum Gasteiger partial charge on any atom is -0.462 e. The van der Waals surface area contributed by atoms with Crippen LogP contribution in [0.3, 0.4) is 0 Å². The highest BCUT2D eigenvalue weighted by Crippen LogP contribution is 2.17. The largest absolute Gasteiger partial charge is 0.462 e. The van der Waals surface area contributed by atoms with Crippen LogP contribution < -0.4 is 0 Å². The van der Waals surface area contributed by atoms with E-state index in [1.54, 1.807) is 0 Å². The molecule has 0 aliphatic heterocycles. The molecule has 0 spiro atoms. The van der Waals surface area contributed by atoms with Crippen LogP contribution in [0.15, 0.2) is 72.9 Å². The minimum atomic E-state index is -0.771. The Morgan fingerprint density at radius 2 is 0.520 bits per heavy atom. The van der Waals surface area contributed by atoms with Gasteiger partial charge in [0.25, 0.3) is 0 Å². The van der Waals surface area contributed by atoms with Gasteiger partial charge in [-0.3, -0.25) is 14.4 Å². The summed E-state index contributed by atoms with van der Waals surface area (Å²) in [5.41, 5.74) is 0. The standard InChI is InChI=1S/C69H122O6/c1-4-7-10-13-16-19-22-25-26-27-28-29-30-31-32-33-34-35-36-37-38-39-40-41-42-45-47-50-53-56-59-62-68(71)74-65-66(75-69(72)63-60-57-54-51-48-44-24-21-18-15-12-9-6-3)64-73-67(70)61-58-55-52-49-46-43-23-20-17-14-11-8-5-2/h7,10,16,19,25-26,28-29,31-32,34-35,66H,4-6,8-9,11-15,17-18,20-24,27,30,33,36-65H2,1-3H3/b10-7-,19-16-,26-25-,29-28-,32-31-,35-34-. The third kappa shape index (κ3) is 61.6. The molecule has 0 aliphatic rings. The molecule has 1 unspecified atom stereocenters. The summed E-state index contributed by atoms with van der Waals surface area (Å²) in [4.78, 5) is 38.2. The highest BCUT2D eigenvalue weighted by atomic mass is 16.6. The second-order valence-corrected chi connectivity index (χ2v) is 21.7. The molecule has 1 atom stereocenters. The molecule has 6 heteroatoms. The van der Waals surface area contributed by atoms with Gasteiger partial charge in [0.2, 0.25) is 0 Å². The molecule has 0 radical (unpaired) electrons. The van der Waals surface area contributed by atoms with Crippen molar-refractivity contribution in [2.24, 2.45) is 0 Å². The Balaban J connectivity index is 4.17. The Labute approximate surface area is 465 Å². The SMILES string of the molecule is CC/C=C\C/C=C\C/C=C\C/C=C\C/C=C\C/C=C\CCCCCCCCCCCCCCC(=O)OCC(COC(=O)CCCCCCCCCCCCCCC)OC(=O)CCCCCCCCCCCCCCC. The molecule has 0 saturated heterocycles. The van der Waals surface area contributed by atoms with Crippen LogP contribution in [0.5, 0.6) is 0 Å². The summed E-state index contributed by atoms with van der Waals surface area (Å²) in [6.45, 7) is 6.56. The van der Waals surface area contributed by atoms with E-state index in [9.17, 15) is 14.4 Å². The smallest absolute Gasteiger partial charge is 0.306 e. The predicted octanol–water partition coefficient (Wildman–Crippen LogP) is 22.1. The lowest BCUT2D eigenvalue weighted by molar-refractivity contribution is -0.167. The number of unbranched alkanes of at least 4 members (excludes halogenated alkanes) is 36. The van der Waals surface area contributed by atoms with Gasteiger partial charge >= 0.3 is 17.9 Å². The monoisotopic (exact) mass is 1050 g/mol. The Kier molecular flexibility index (Phi) is 60.7. The van der Waals surface area contributed by atoms with Crippen molar-refractivity contribution in [3.8, 4) is 0 Å². The lowest BCUT2D eigenvalue weighted by atomic mass is 10.0. The fourth-order valence-corrected chi connectivity index (χ4v) is 9.39. The summed E-state index contributed by atoms with van der Waals surface area (Å²) in [6, 6.07) is 0. The first-order valence-corrected chi connectivity index (χ1v) is 32.4. The summed E-state index contributed by atoms with van der Waals surface area (Å²) in [5, 5.41) is 0. The summed E-state index contributed by atoms with van der Waals surface area (Å²) >= 11 is 0. The van der Waals surface area contributed by atoms with Gasteiger partial charge in [-0.2, -0.15) is 0 Å². The zero-order chi connectivity index (χ0) is 54.3. The number of ether oxygens (including phenoxy) is 3. The minimum absolute atomic E-state index is 0.0695. The first-order valence-electron chi connectivity index (χ1n) is 32.4. The first kappa shape index (κ1) is 71.8. The van der Waals surface area contributed by atoms with Crippen molar-refractivity contribution < 1.29 is 28.6 Å². The van der Waals surface area contributed by atoms with Crippen molar-refractivity contribution in [1.29, 1.82) is 0 Å². The average molecular weight is 1050 g/mol. The van der Waals surface area contributed by atoms with Crippen LogP contribution in [-0.4, -0.2) is 37.2 Å². The highest BCUT2D eigenvalue weighted by molar-refractivity contribution is 5.71. The van der Waals surface area contributed by atoms with E-state index >= 15 is 0 Å². The van der Waals surface area contributed by atoms with Crippen molar-refractivity contribution in [2.45, 2.75) is 335 Å². The van der Waals surface area contributed by atoms with Crippen molar-refractivity contribution in [2.75, 3.05) is 13.2 Å². The molecular formula is C69H122O6. The molecule has 434 valence electrons. The van der Waals surface area contributed by atoms with Crippen molar-refractivity contribution in [1.82, 2.24) is 0 Å². The van der Waals surface area contributed by atoms with Crippen LogP contribution in [0, 0.1) is 0 Å². The zero-order valence-electron chi connectivity index (χ0n) is 49.8. The lowest BCUT2D eigenvalue weighted by Crippen LogP contribution is -2.30. The molecule has 0 aromatic carbocycles. The summed E-state index contributed by atoms with van der Waals surface area (Å²) in [7, 11) is 0. The van der Waals surface area contributed by atoms with E-state index in [1.807, 2.05) is 0 Å². The lowest BCUT2D eigenvalue weighted by Gasteiger charge is -2.18. The van der Waals surface area contributed by atoms with E-state index in [0.717, 1.165) is 96.3 Å². The normalized spacial score (nSPS) is 12.5. The van der Waals surface area contributed by atoms with Crippen molar-refractivity contribution >= 4 is 17.9 Å². The Bertz CT molecular complexity index is 1390. The topological polar surface area (TPSA) is 78.9 Å². The van der Waals surface area contributed by atoms with E-state index in [4.69, 9.17) is 14.2 Å². The molecular weight excluding hydrogens is 925 g/mol. The van der Waals surface area contributed by atoms with Gasteiger partial charge in [0.15, 0.2) is 6.10 Å². The second-order valence-electron chi connectivity index (χ2n) is 21.7. The van der Waals surface area contributed by atoms with Crippen LogP contribution in [-0.2, 0) is 28.6 Å². The average Bonchev–Trinajstić information content (AvgIpc) is 3.41. The third-order valence-electron chi connectivity index (χ3n) is 14.2. The Hall–Kier alpha value is -3.15. The summed E-state index contributed by atoms with van der Waals surface area (Å²) in [5.74, 6) is -0.854. The van der Waals surface area contributed by atoms with Crippen LogP contribution in [0.25, 0.3) is 0 Å². The van der Waals surface area contributed by atoms with Gasteiger partial charge in [-0.05, 0) is 70.6 Å². The maximum Gasteiger partial charge on any atom is 0.306 e. The van der Waals surface area contributed by atoms with Crippen LogP contribution in [0.1, 0.15) is 329 Å². The van der Waals surface area contributed by atoms with Crippen LogP contribution in [0.4, 0.5) is 0 Å². The predicted molar refractivity (Wildman–Crippen MR) is 325 cm³/mol. The number of allylic oxidation sites excluding steroid dienone is 12. The third-order valence-corrected chi connectivity index (χ3v) is 14.2. The first-order chi connectivity index (χ1) is 37.0. The summed E-state index contributed by atoms with van der Waals surface area (Å²) < 4.78 is 16.9. The molecule has 0 amide bonds. The Morgan fingerprint density at radius 1 is 0.280 bits per heavy atom. The zero-order valence-corrected chi connectivity index (χ0v) is 49.8. The van der Waals surface area contributed by atoms with Gasteiger partial charge in [0.05, 0.1) is 0 Å². The molecule has 0 aromatic heterocycles. The fourth-order valence-electron chi connectivity index (χ4n) is 9.39. The molecule has 0 bridgehead atoms.